The van der Waals surface area contributed by atoms with Crippen molar-refractivity contribution in [3.8, 4) is 0 Å². The monoisotopic (exact) mass is 268 g/mol. The summed E-state index contributed by atoms with van der Waals surface area (Å²) >= 11 is 0. The lowest BCUT2D eigenvalue weighted by Crippen LogP contribution is -2.34. The Labute approximate surface area is 111 Å². The number of nitrogens with two attached hydrogens (primary N) is 1. The van der Waals surface area contributed by atoms with Crippen LogP contribution in [0, 0.1) is 0 Å². The predicted molar refractivity (Wildman–Crippen MR) is 69.2 cm³/mol. The molecule has 19 heavy (non-hydrogen) atoms. The molecule has 106 valence electrons. The zero-order chi connectivity index (χ0) is 14.3. The number of aliphatic carboxylic acids is 1. The lowest BCUT2D eigenvalue weighted by Gasteiger charge is -2.10. The summed E-state index contributed by atoms with van der Waals surface area (Å²) < 4.78 is 1.59. The highest BCUT2D eigenvalue weighted by Crippen LogP contribution is 2.08. The third-order valence-electron chi connectivity index (χ3n) is 2.73. The molecular weight excluding hydrogens is 248 g/mol. The average molecular weight is 268 g/mol. The van der Waals surface area contributed by atoms with Crippen LogP contribution in [0.1, 0.15) is 37.3 Å². The fraction of sp³-hybridized carbons (Fsp3) is 0.583. The highest BCUT2D eigenvalue weighted by atomic mass is 16.4. The molecule has 0 bridgehead atoms. The molecule has 0 aliphatic carbocycles. The number of carboxylic acid groups (broad SMARTS) is 1. The highest BCUT2D eigenvalue weighted by molar-refractivity contribution is 5.82. The number of nitrogens with one attached hydrogen (secondary N) is 1. The Bertz CT molecular complexity index is 430. The van der Waals surface area contributed by atoms with E-state index in [9.17, 15) is 9.59 Å². The van der Waals surface area contributed by atoms with Crippen LogP contribution in [0.15, 0.2) is 12.4 Å². The van der Waals surface area contributed by atoms with E-state index in [0.29, 0.717) is 18.5 Å². The summed E-state index contributed by atoms with van der Waals surface area (Å²) in [6, 6.07) is -0.715. The Morgan fingerprint density at radius 2 is 2.21 bits per heavy atom. The first kappa shape index (κ1) is 15.2. The Balaban J connectivity index is 2.19. The quantitative estimate of drug-likeness (QED) is 0.582. The van der Waals surface area contributed by atoms with Crippen LogP contribution in [0.4, 0.5) is 0 Å². The zero-order valence-electron chi connectivity index (χ0n) is 11.0. The fourth-order valence-corrected chi connectivity index (χ4v) is 1.65. The van der Waals surface area contributed by atoms with Gasteiger partial charge < -0.3 is 16.2 Å². The maximum absolute atomic E-state index is 11.7. The van der Waals surface area contributed by atoms with Crippen LogP contribution in [0.2, 0.25) is 0 Å². The van der Waals surface area contributed by atoms with Gasteiger partial charge in [-0.2, -0.15) is 5.10 Å². The predicted octanol–water partition coefficient (Wildman–Crippen LogP) is 0.181. The second-order valence-electron chi connectivity index (χ2n) is 4.42. The Hall–Kier alpha value is -1.89. The first-order valence-electron chi connectivity index (χ1n) is 6.24. The summed E-state index contributed by atoms with van der Waals surface area (Å²) in [6.07, 6.45) is 5.59. The number of nitrogens with zero attached hydrogens (tertiary/aromatic N) is 2. The molecule has 0 saturated carbocycles. The number of hydrogen-bond donors (Lipinski definition) is 3. The molecule has 0 aliphatic heterocycles. The average Bonchev–Trinajstić information content (AvgIpc) is 2.78. The van der Waals surface area contributed by atoms with Crippen molar-refractivity contribution in [2.75, 3.05) is 6.54 Å². The molecule has 7 heteroatoms. The SMILES string of the molecule is Cn1cc(C(N)C(=O)NCCCCCC(=O)O)cn1. The van der Waals surface area contributed by atoms with Crippen molar-refractivity contribution >= 4 is 11.9 Å². The van der Waals surface area contributed by atoms with Crippen LogP contribution in [-0.2, 0) is 16.6 Å². The summed E-state index contributed by atoms with van der Waals surface area (Å²) in [6.45, 7) is 0.506. The van der Waals surface area contributed by atoms with Crippen molar-refractivity contribution in [3.05, 3.63) is 18.0 Å². The third-order valence-corrected chi connectivity index (χ3v) is 2.73. The van der Waals surface area contributed by atoms with E-state index in [0.717, 1.165) is 12.8 Å². The van der Waals surface area contributed by atoms with Gasteiger partial charge in [0.25, 0.3) is 0 Å². The number of rotatable bonds is 8. The molecule has 7 nitrogen and oxygen atoms in total. The van der Waals surface area contributed by atoms with Gasteiger partial charge in [-0.3, -0.25) is 14.3 Å². The topological polar surface area (TPSA) is 110 Å². The van der Waals surface area contributed by atoms with Crippen molar-refractivity contribution in [1.82, 2.24) is 15.1 Å². The summed E-state index contributed by atoms with van der Waals surface area (Å²) in [4.78, 5) is 22.0. The molecule has 0 aromatic carbocycles. The standard InChI is InChI=1S/C12H20N4O3/c1-16-8-9(7-15-16)11(13)12(19)14-6-4-2-3-5-10(17)18/h7-8,11H,2-6,13H2,1H3,(H,14,19)(H,17,18). The van der Waals surface area contributed by atoms with Gasteiger partial charge >= 0.3 is 5.97 Å². The van der Waals surface area contributed by atoms with Gasteiger partial charge in [0, 0.05) is 31.8 Å². The second-order valence-corrected chi connectivity index (χ2v) is 4.42. The Morgan fingerprint density at radius 1 is 1.47 bits per heavy atom. The van der Waals surface area contributed by atoms with Crippen molar-refractivity contribution in [2.45, 2.75) is 31.7 Å². The van der Waals surface area contributed by atoms with Crippen molar-refractivity contribution < 1.29 is 14.7 Å². The maximum atomic E-state index is 11.7. The first-order chi connectivity index (χ1) is 9.00. The normalized spacial score (nSPS) is 12.1. The Morgan fingerprint density at radius 3 is 2.79 bits per heavy atom. The lowest BCUT2D eigenvalue weighted by atomic mass is 10.1. The van der Waals surface area contributed by atoms with Gasteiger partial charge in [-0.1, -0.05) is 6.42 Å². The number of unbranched alkanes of at least 4 members (excludes halogenated alkanes) is 2. The smallest absolute Gasteiger partial charge is 0.303 e. The number of amides is 1. The second kappa shape index (κ2) is 7.52. The zero-order valence-corrected chi connectivity index (χ0v) is 11.0. The molecule has 1 amide bonds. The van der Waals surface area contributed by atoms with Crippen LogP contribution in [0.25, 0.3) is 0 Å². The van der Waals surface area contributed by atoms with E-state index < -0.39 is 12.0 Å². The first-order valence-corrected chi connectivity index (χ1v) is 6.24. The molecule has 1 atom stereocenters. The Kier molecular flexibility index (Phi) is 6.01. The van der Waals surface area contributed by atoms with Crippen LogP contribution in [0.3, 0.4) is 0 Å². The maximum Gasteiger partial charge on any atom is 0.303 e. The summed E-state index contributed by atoms with van der Waals surface area (Å²) in [7, 11) is 1.76. The summed E-state index contributed by atoms with van der Waals surface area (Å²) in [5, 5.41) is 15.2. The molecule has 0 radical (unpaired) electrons. The molecule has 1 aromatic heterocycles. The van der Waals surface area contributed by atoms with Gasteiger partial charge in [0.15, 0.2) is 0 Å². The molecule has 1 rings (SSSR count). The largest absolute Gasteiger partial charge is 0.481 e. The fourth-order valence-electron chi connectivity index (χ4n) is 1.65. The van der Waals surface area contributed by atoms with Crippen LogP contribution in [-0.4, -0.2) is 33.3 Å². The number of carbonyl (C=O) groups is 2. The number of carboxylic acids is 1. The summed E-state index contributed by atoms with van der Waals surface area (Å²) in [5.74, 6) is -1.03. The molecule has 0 aliphatic rings. The van der Waals surface area contributed by atoms with Gasteiger partial charge in [0.1, 0.15) is 6.04 Å². The van der Waals surface area contributed by atoms with Crippen LogP contribution < -0.4 is 11.1 Å². The van der Waals surface area contributed by atoms with Gasteiger partial charge in [0.05, 0.1) is 6.20 Å². The van der Waals surface area contributed by atoms with Gasteiger partial charge in [-0.05, 0) is 12.8 Å². The lowest BCUT2D eigenvalue weighted by molar-refractivity contribution is -0.137. The van der Waals surface area contributed by atoms with E-state index in [1.807, 2.05) is 0 Å². The third kappa shape index (κ3) is 5.52. The van der Waals surface area contributed by atoms with Crippen molar-refractivity contribution in [3.63, 3.8) is 0 Å². The van der Waals surface area contributed by atoms with Gasteiger partial charge in [-0.15, -0.1) is 0 Å². The number of carbonyl (C=O) groups excluding carboxylic acids is 1. The van der Waals surface area contributed by atoms with Gasteiger partial charge in [-0.25, -0.2) is 0 Å². The van der Waals surface area contributed by atoms with E-state index >= 15 is 0 Å². The molecule has 0 spiro atoms. The highest BCUT2D eigenvalue weighted by Gasteiger charge is 2.16. The van der Waals surface area contributed by atoms with E-state index in [1.54, 1.807) is 24.1 Å². The molecule has 0 fully saturated rings. The molecule has 0 saturated heterocycles. The molecule has 4 N–H and O–H groups in total. The van der Waals surface area contributed by atoms with E-state index in [1.165, 1.54) is 0 Å². The van der Waals surface area contributed by atoms with Crippen LogP contribution in [0.5, 0.6) is 0 Å². The molecule has 1 unspecified atom stereocenters. The number of aryl methyl sites for hydroxylation is 1. The van der Waals surface area contributed by atoms with Gasteiger partial charge in [0.2, 0.25) is 5.91 Å². The van der Waals surface area contributed by atoms with Crippen LogP contribution >= 0.6 is 0 Å². The molecule has 1 heterocycles. The van der Waals surface area contributed by atoms with E-state index in [2.05, 4.69) is 10.4 Å². The van der Waals surface area contributed by atoms with E-state index in [-0.39, 0.29) is 12.3 Å². The molecule has 1 aromatic rings. The summed E-state index contributed by atoms with van der Waals surface area (Å²) in [5.41, 5.74) is 6.46. The van der Waals surface area contributed by atoms with E-state index in [4.69, 9.17) is 10.8 Å². The minimum atomic E-state index is -0.789. The van der Waals surface area contributed by atoms with Crippen molar-refractivity contribution in [1.29, 1.82) is 0 Å². The number of aromatic nitrogens is 2. The number of hydrogen-bond acceptors (Lipinski definition) is 4. The minimum Gasteiger partial charge on any atom is -0.481 e. The van der Waals surface area contributed by atoms with Crippen molar-refractivity contribution in [2.24, 2.45) is 12.8 Å². The minimum absolute atomic E-state index is 0.170. The molecular formula is C12H20N4O3.